The van der Waals surface area contributed by atoms with E-state index in [0.29, 0.717) is 23.2 Å². The number of alkyl halides is 2. The molecule has 13 heteroatoms. The molecule has 0 fully saturated rings. The van der Waals surface area contributed by atoms with E-state index in [-0.39, 0.29) is 35.3 Å². The van der Waals surface area contributed by atoms with Gasteiger partial charge in [-0.25, -0.2) is 13.4 Å². The first kappa shape index (κ1) is 25.9. The molecule has 1 aromatic carbocycles. The minimum absolute atomic E-state index is 0.0443. The summed E-state index contributed by atoms with van der Waals surface area (Å²) in [7, 11) is -3.33. The van der Waals surface area contributed by atoms with Gasteiger partial charge >= 0.3 is 12.6 Å². The largest absolute Gasteiger partial charge is 0.464 e. The molecular formula is C24H22F2N4O6S. The lowest BCUT2D eigenvalue weighted by atomic mass is 10.1. The van der Waals surface area contributed by atoms with Crippen molar-refractivity contribution < 1.29 is 26.7 Å². The van der Waals surface area contributed by atoms with Crippen LogP contribution in [0.25, 0.3) is 27.8 Å². The number of halogens is 2. The van der Waals surface area contributed by atoms with E-state index in [0.717, 1.165) is 6.26 Å². The normalized spacial score (nSPS) is 11.7. The molecule has 0 aliphatic heterocycles. The van der Waals surface area contributed by atoms with Crippen molar-refractivity contribution in [1.82, 2.24) is 19.1 Å². The second-order valence-corrected chi connectivity index (χ2v) is 10.3. The molecule has 194 valence electrons. The molecule has 0 radical (unpaired) electrons. The van der Waals surface area contributed by atoms with E-state index >= 15 is 0 Å². The fourth-order valence-corrected chi connectivity index (χ4v) is 4.16. The fourth-order valence-electron chi connectivity index (χ4n) is 3.63. The van der Waals surface area contributed by atoms with E-state index in [4.69, 9.17) is 4.74 Å². The van der Waals surface area contributed by atoms with Gasteiger partial charge in [0, 0.05) is 47.8 Å². The third kappa shape index (κ3) is 6.00. The van der Waals surface area contributed by atoms with Crippen molar-refractivity contribution in [3.05, 3.63) is 75.6 Å². The lowest BCUT2D eigenvalue weighted by molar-refractivity contribution is -0.0498. The first-order valence-corrected chi connectivity index (χ1v) is 13.1. The molecule has 0 saturated heterocycles. The fraction of sp³-hybridized carbons (Fsp3) is 0.250. The number of benzene rings is 1. The van der Waals surface area contributed by atoms with E-state index < -0.39 is 27.6 Å². The highest BCUT2D eigenvalue weighted by molar-refractivity contribution is 7.90. The summed E-state index contributed by atoms with van der Waals surface area (Å²) < 4.78 is 60.6. The number of ether oxygens (including phenoxy) is 2. The van der Waals surface area contributed by atoms with Crippen LogP contribution < -0.4 is 20.6 Å². The van der Waals surface area contributed by atoms with Gasteiger partial charge in [0.25, 0.3) is 11.1 Å². The Kier molecular flexibility index (Phi) is 7.34. The Morgan fingerprint density at radius 3 is 2.46 bits per heavy atom. The van der Waals surface area contributed by atoms with E-state index in [1.54, 1.807) is 13.0 Å². The summed E-state index contributed by atoms with van der Waals surface area (Å²) in [6.07, 6.45) is 3.95. The summed E-state index contributed by atoms with van der Waals surface area (Å²) in [5.74, 6) is -0.339. The summed E-state index contributed by atoms with van der Waals surface area (Å²) in [4.78, 5) is 34.6. The lowest BCUT2D eigenvalue weighted by Crippen LogP contribution is -2.25. The van der Waals surface area contributed by atoms with Crippen LogP contribution in [0.1, 0.15) is 6.92 Å². The van der Waals surface area contributed by atoms with Crippen molar-refractivity contribution in [3.63, 3.8) is 0 Å². The van der Waals surface area contributed by atoms with Crippen LogP contribution in [0.15, 0.2) is 64.4 Å². The predicted molar refractivity (Wildman–Crippen MR) is 132 cm³/mol. The summed E-state index contributed by atoms with van der Waals surface area (Å²) in [5, 5.41) is 0.458. The molecule has 10 nitrogen and oxygen atoms in total. The van der Waals surface area contributed by atoms with Crippen LogP contribution in [0.5, 0.6) is 11.8 Å². The molecule has 3 heterocycles. The summed E-state index contributed by atoms with van der Waals surface area (Å²) >= 11 is 0. The van der Waals surface area contributed by atoms with Gasteiger partial charge in [0.05, 0.1) is 18.0 Å². The van der Waals surface area contributed by atoms with Crippen LogP contribution in [-0.4, -0.2) is 52.7 Å². The first-order chi connectivity index (χ1) is 17.6. The number of hydrogen-bond donors (Lipinski definition) is 0. The molecule has 4 aromatic rings. The van der Waals surface area contributed by atoms with E-state index in [2.05, 4.69) is 14.7 Å². The molecule has 37 heavy (non-hydrogen) atoms. The summed E-state index contributed by atoms with van der Waals surface area (Å²) in [6.45, 7) is -1.04. The predicted octanol–water partition coefficient (Wildman–Crippen LogP) is 2.65. The highest BCUT2D eigenvalue weighted by Gasteiger charge is 2.17. The van der Waals surface area contributed by atoms with Gasteiger partial charge in [0.2, 0.25) is 0 Å². The van der Waals surface area contributed by atoms with Crippen LogP contribution in [-0.2, 0) is 16.4 Å². The minimum Gasteiger partial charge on any atom is -0.464 e. The van der Waals surface area contributed by atoms with Gasteiger partial charge in [-0.3, -0.25) is 14.2 Å². The van der Waals surface area contributed by atoms with Gasteiger partial charge in [0.1, 0.15) is 15.6 Å². The van der Waals surface area contributed by atoms with Crippen molar-refractivity contribution in [1.29, 1.82) is 0 Å². The number of sulfone groups is 1. The second kappa shape index (κ2) is 10.5. The highest BCUT2D eigenvalue weighted by Crippen LogP contribution is 2.24. The zero-order valence-electron chi connectivity index (χ0n) is 19.8. The molecule has 0 N–H and O–H groups in total. The number of rotatable bonds is 9. The van der Waals surface area contributed by atoms with Crippen molar-refractivity contribution in [2.45, 2.75) is 20.1 Å². The Balaban J connectivity index is 1.91. The Morgan fingerprint density at radius 1 is 1.08 bits per heavy atom. The van der Waals surface area contributed by atoms with Crippen molar-refractivity contribution in [2.24, 2.45) is 0 Å². The maximum absolute atomic E-state index is 13.8. The van der Waals surface area contributed by atoms with Gasteiger partial charge in [0.15, 0.2) is 5.65 Å². The minimum atomic E-state index is -3.33. The van der Waals surface area contributed by atoms with Gasteiger partial charge in [-0.05, 0) is 43.3 Å². The SMILES string of the molecule is CCOc1ncc2cc(-c3ccc(=O)n(CCS(C)(=O)=O)c3)c(=O)n(-c3ccc(OC(F)F)cc3)c2n1. The monoisotopic (exact) mass is 532 g/mol. The van der Waals surface area contributed by atoms with E-state index in [9.17, 15) is 26.8 Å². The van der Waals surface area contributed by atoms with Crippen molar-refractivity contribution in [3.8, 4) is 28.6 Å². The second-order valence-electron chi connectivity index (χ2n) is 8.01. The van der Waals surface area contributed by atoms with Crippen LogP contribution in [0.3, 0.4) is 0 Å². The molecule has 0 amide bonds. The van der Waals surface area contributed by atoms with Crippen molar-refractivity contribution >= 4 is 20.9 Å². The summed E-state index contributed by atoms with van der Waals surface area (Å²) in [5.41, 5.74) is 0.115. The third-order valence-corrected chi connectivity index (χ3v) is 6.23. The molecule has 0 unspecified atom stereocenters. The van der Waals surface area contributed by atoms with Crippen LogP contribution in [0, 0.1) is 0 Å². The molecule has 0 aliphatic rings. The Labute approximate surface area is 209 Å². The molecule has 0 spiro atoms. The molecule has 0 bridgehead atoms. The number of aryl methyl sites for hydroxylation is 1. The Hall–Kier alpha value is -4.13. The zero-order valence-corrected chi connectivity index (χ0v) is 20.6. The van der Waals surface area contributed by atoms with Crippen molar-refractivity contribution in [2.75, 3.05) is 18.6 Å². The molecule has 3 aromatic heterocycles. The number of fused-ring (bicyclic) bond motifs is 1. The smallest absolute Gasteiger partial charge is 0.387 e. The maximum atomic E-state index is 13.8. The van der Waals surface area contributed by atoms with E-state index in [1.807, 2.05) is 0 Å². The number of nitrogens with zero attached hydrogens (tertiary/aromatic N) is 4. The zero-order chi connectivity index (χ0) is 26.7. The quantitative estimate of drug-likeness (QED) is 0.323. The molecule has 4 rings (SSSR count). The van der Waals surface area contributed by atoms with Gasteiger partial charge < -0.3 is 14.0 Å². The van der Waals surface area contributed by atoms with E-state index in [1.165, 1.54) is 57.9 Å². The number of hydrogen-bond acceptors (Lipinski definition) is 8. The van der Waals surface area contributed by atoms with Gasteiger partial charge in [-0.15, -0.1) is 0 Å². The number of pyridine rings is 2. The molecular weight excluding hydrogens is 510 g/mol. The highest BCUT2D eigenvalue weighted by atomic mass is 32.2. The molecule has 0 atom stereocenters. The average molecular weight is 533 g/mol. The Morgan fingerprint density at radius 2 is 1.81 bits per heavy atom. The van der Waals surface area contributed by atoms with Crippen LogP contribution >= 0.6 is 0 Å². The lowest BCUT2D eigenvalue weighted by Gasteiger charge is -2.14. The molecule has 0 aliphatic carbocycles. The Bertz CT molecular complexity index is 1670. The topological polar surface area (TPSA) is 122 Å². The first-order valence-electron chi connectivity index (χ1n) is 11.0. The van der Waals surface area contributed by atoms with Gasteiger partial charge in [-0.1, -0.05) is 0 Å². The molecule has 0 saturated carbocycles. The van der Waals surface area contributed by atoms with Gasteiger partial charge in [-0.2, -0.15) is 13.8 Å². The van der Waals surface area contributed by atoms with Crippen LogP contribution in [0.4, 0.5) is 8.78 Å². The summed E-state index contributed by atoms with van der Waals surface area (Å²) in [6, 6.07) is 9.75. The van der Waals surface area contributed by atoms with Crippen LogP contribution in [0.2, 0.25) is 0 Å². The number of aromatic nitrogens is 4. The third-order valence-electron chi connectivity index (χ3n) is 5.31. The average Bonchev–Trinajstić information content (AvgIpc) is 2.83. The standard InChI is InChI=1S/C24H22F2N4O6S/c1-3-35-24-27-13-16-12-19(15-4-9-20(31)29(14-15)10-11-37(2,33)34)22(32)30(21(16)28-24)17-5-7-18(8-6-17)36-23(25)26/h4-9,12-14,23H,3,10-11H2,1-2H3. The maximum Gasteiger partial charge on any atom is 0.387 e.